The van der Waals surface area contributed by atoms with Crippen molar-refractivity contribution in [2.45, 2.75) is 19.9 Å². The van der Waals surface area contributed by atoms with E-state index in [0.717, 1.165) is 6.07 Å². The number of halogens is 2. The van der Waals surface area contributed by atoms with E-state index in [1.807, 2.05) is 0 Å². The van der Waals surface area contributed by atoms with Crippen LogP contribution in [0.1, 0.15) is 24.2 Å². The molecule has 1 unspecified atom stereocenters. The van der Waals surface area contributed by atoms with Crippen molar-refractivity contribution in [1.29, 1.82) is 0 Å². The third-order valence-corrected chi connectivity index (χ3v) is 2.40. The number of carbonyl (C=O) groups is 2. The first-order valence-electron chi connectivity index (χ1n) is 5.38. The van der Waals surface area contributed by atoms with Crippen molar-refractivity contribution in [3.8, 4) is 0 Å². The highest BCUT2D eigenvalue weighted by Gasteiger charge is 2.19. The minimum atomic E-state index is -0.851. The van der Waals surface area contributed by atoms with Crippen LogP contribution < -0.4 is 5.32 Å². The van der Waals surface area contributed by atoms with Crippen LogP contribution in [0.5, 0.6) is 0 Å². The molecule has 0 saturated heterocycles. The topological polar surface area (TPSA) is 55.4 Å². The number of rotatable bonds is 4. The molecule has 0 fully saturated rings. The molecule has 6 heteroatoms. The summed E-state index contributed by atoms with van der Waals surface area (Å²) in [6.07, 6.45) is 0. The largest absolute Gasteiger partial charge is 0.464 e. The van der Waals surface area contributed by atoms with Gasteiger partial charge in [-0.1, -0.05) is 11.6 Å². The molecular formula is C12H13ClFNO3. The van der Waals surface area contributed by atoms with Crippen LogP contribution in [0.4, 0.5) is 4.39 Å². The fourth-order valence-corrected chi connectivity index (χ4v) is 1.44. The van der Waals surface area contributed by atoms with Crippen molar-refractivity contribution >= 4 is 23.5 Å². The van der Waals surface area contributed by atoms with Gasteiger partial charge in [0.1, 0.15) is 11.9 Å². The molecule has 98 valence electrons. The van der Waals surface area contributed by atoms with E-state index in [2.05, 4.69) is 5.32 Å². The number of hydrogen-bond acceptors (Lipinski definition) is 3. The number of esters is 1. The molecule has 0 aliphatic rings. The fourth-order valence-electron chi connectivity index (χ4n) is 1.27. The van der Waals surface area contributed by atoms with Gasteiger partial charge in [0.05, 0.1) is 12.2 Å². The van der Waals surface area contributed by atoms with Crippen molar-refractivity contribution in [2.75, 3.05) is 6.61 Å². The Morgan fingerprint density at radius 2 is 2.17 bits per heavy atom. The highest BCUT2D eigenvalue weighted by molar-refractivity contribution is 6.31. The summed E-state index contributed by atoms with van der Waals surface area (Å²) in [7, 11) is 0. The smallest absolute Gasteiger partial charge is 0.328 e. The lowest BCUT2D eigenvalue weighted by atomic mass is 10.2. The standard InChI is InChI=1S/C12H13ClFNO3/c1-3-18-12(17)7(2)15-11(16)9-6-8(13)4-5-10(9)14/h4-7H,3H2,1-2H3,(H,15,16). The summed E-state index contributed by atoms with van der Waals surface area (Å²) in [5.41, 5.74) is -0.210. The molecule has 0 spiro atoms. The molecule has 0 aromatic heterocycles. The van der Waals surface area contributed by atoms with E-state index in [1.165, 1.54) is 19.1 Å². The van der Waals surface area contributed by atoms with Gasteiger partial charge >= 0.3 is 5.97 Å². The molecule has 0 aliphatic heterocycles. The van der Waals surface area contributed by atoms with Gasteiger partial charge in [-0.05, 0) is 32.0 Å². The van der Waals surface area contributed by atoms with Gasteiger partial charge in [0.15, 0.2) is 0 Å². The molecule has 1 aromatic carbocycles. The van der Waals surface area contributed by atoms with Gasteiger partial charge in [-0.2, -0.15) is 0 Å². The molecule has 0 bridgehead atoms. The van der Waals surface area contributed by atoms with E-state index in [1.54, 1.807) is 6.92 Å². The van der Waals surface area contributed by atoms with Crippen LogP contribution in [0, 0.1) is 5.82 Å². The molecule has 0 radical (unpaired) electrons. The Bertz CT molecular complexity index is 465. The number of ether oxygens (including phenoxy) is 1. The number of carbonyl (C=O) groups excluding carboxylic acids is 2. The lowest BCUT2D eigenvalue weighted by Crippen LogP contribution is -2.39. The van der Waals surface area contributed by atoms with Crippen molar-refractivity contribution in [3.05, 3.63) is 34.6 Å². The number of hydrogen-bond donors (Lipinski definition) is 1. The summed E-state index contributed by atoms with van der Waals surface area (Å²) >= 11 is 5.67. The van der Waals surface area contributed by atoms with Gasteiger partial charge in [0.25, 0.3) is 5.91 Å². The second-order valence-corrected chi connectivity index (χ2v) is 4.01. The van der Waals surface area contributed by atoms with Crippen molar-refractivity contribution in [1.82, 2.24) is 5.32 Å². The predicted molar refractivity (Wildman–Crippen MR) is 65.0 cm³/mol. The maximum Gasteiger partial charge on any atom is 0.328 e. The first kappa shape index (κ1) is 14.4. The normalized spacial score (nSPS) is 11.8. The van der Waals surface area contributed by atoms with Crippen LogP contribution in [-0.2, 0) is 9.53 Å². The summed E-state index contributed by atoms with van der Waals surface area (Å²) in [6, 6.07) is 2.77. The first-order valence-corrected chi connectivity index (χ1v) is 5.76. The summed E-state index contributed by atoms with van der Waals surface area (Å²) in [4.78, 5) is 23.0. The van der Waals surface area contributed by atoms with Crippen molar-refractivity contribution in [2.24, 2.45) is 0 Å². The maximum absolute atomic E-state index is 13.4. The Morgan fingerprint density at radius 1 is 1.50 bits per heavy atom. The van der Waals surface area contributed by atoms with Gasteiger partial charge in [-0.3, -0.25) is 4.79 Å². The summed E-state index contributed by atoms with van der Waals surface area (Å²) in [6.45, 7) is 3.33. The van der Waals surface area contributed by atoms with Crippen LogP contribution in [0.2, 0.25) is 5.02 Å². The minimum absolute atomic E-state index is 0.210. The molecule has 1 N–H and O–H groups in total. The average molecular weight is 274 g/mol. The van der Waals surface area contributed by atoms with Crippen molar-refractivity contribution < 1.29 is 18.7 Å². The molecule has 0 aliphatic carbocycles. The number of nitrogens with one attached hydrogen (secondary N) is 1. The Balaban J connectivity index is 2.76. The minimum Gasteiger partial charge on any atom is -0.464 e. The van der Waals surface area contributed by atoms with Crippen LogP contribution in [0.15, 0.2) is 18.2 Å². The zero-order valence-corrected chi connectivity index (χ0v) is 10.8. The van der Waals surface area contributed by atoms with Crippen LogP contribution in [0.3, 0.4) is 0 Å². The molecule has 1 amide bonds. The lowest BCUT2D eigenvalue weighted by Gasteiger charge is -2.13. The third-order valence-electron chi connectivity index (χ3n) is 2.16. The van der Waals surface area contributed by atoms with E-state index in [-0.39, 0.29) is 17.2 Å². The molecule has 18 heavy (non-hydrogen) atoms. The average Bonchev–Trinajstić information content (AvgIpc) is 2.32. The summed E-state index contributed by atoms with van der Waals surface area (Å²) in [5, 5.41) is 2.58. The Morgan fingerprint density at radius 3 is 2.78 bits per heavy atom. The van der Waals surface area contributed by atoms with Gasteiger partial charge in [-0.25, -0.2) is 9.18 Å². The molecule has 1 rings (SSSR count). The Kier molecular flexibility index (Phi) is 5.09. The van der Waals surface area contributed by atoms with Gasteiger partial charge in [0, 0.05) is 5.02 Å². The molecule has 4 nitrogen and oxygen atoms in total. The Labute approximate surface area is 109 Å². The third kappa shape index (κ3) is 3.70. The summed E-state index contributed by atoms with van der Waals surface area (Å²) < 4.78 is 18.1. The lowest BCUT2D eigenvalue weighted by molar-refractivity contribution is -0.144. The summed E-state index contributed by atoms with van der Waals surface area (Å²) in [5.74, 6) is -1.99. The van der Waals surface area contributed by atoms with Crippen LogP contribution >= 0.6 is 11.6 Å². The van der Waals surface area contributed by atoms with Gasteiger partial charge in [0.2, 0.25) is 0 Å². The van der Waals surface area contributed by atoms with E-state index in [0.29, 0.717) is 0 Å². The number of benzene rings is 1. The van der Waals surface area contributed by atoms with Crippen molar-refractivity contribution in [3.63, 3.8) is 0 Å². The molecular weight excluding hydrogens is 261 g/mol. The maximum atomic E-state index is 13.4. The van der Waals surface area contributed by atoms with E-state index < -0.39 is 23.7 Å². The molecule has 0 saturated carbocycles. The first-order chi connectivity index (χ1) is 8.45. The quantitative estimate of drug-likeness (QED) is 0.856. The molecule has 1 atom stereocenters. The molecule has 0 heterocycles. The second kappa shape index (κ2) is 6.35. The SMILES string of the molecule is CCOC(=O)C(C)NC(=O)c1cc(Cl)ccc1F. The van der Waals surface area contributed by atoms with Gasteiger partial charge < -0.3 is 10.1 Å². The zero-order valence-electron chi connectivity index (χ0n) is 10.00. The predicted octanol–water partition coefficient (Wildman–Crippen LogP) is 2.16. The fraction of sp³-hybridized carbons (Fsp3) is 0.333. The van der Waals surface area contributed by atoms with Crippen LogP contribution in [-0.4, -0.2) is 24.5 Å². The second-order valence-electron chi connectivity index (χ2n) is 3.57. The van der Waals surface area contributed by atoms with E-state index in [9.17, 15) is 14.0 Å². The van der Waals surface area contributed by atoms with E-state index >= 15 is 0 Å². The number of amides is 1. The Hall–Kier alpha value is -1.62. The highest BCUT2D eigenvalue weighted by atomic mass is 35.5. The van der Waals surface area contributed by atoms with Gasteiger partial charge in [-0.15, -0.1) is 0 Å². The monoisotopic (exact) mass is 273 g/mol. The zero-order chi connectivity index (χ0) is 13.7. The van der Waals surface area contributed by atoms with Crippen LogP contribution in [0.25, 0.3) is 0 Å². The molecule has 1 aromatic rings. The van der Waals surface area contributed by atoms with E-state index in [4.69, 9.17) is 16.3 Å². The highest BCUT2D eigenvalue weighted by Crippen LogP contribution is 2.14.